The molecule has 1 amide bonds. The zero-order chi connectivity index (χ0) is 34.8. The van der Waals surface area contributed by atoms with Crippen LogP contribution in [0, 0.1) is 23.2 Å². The van der Waals surface area contributed by atoms with Gasteiger partial charge in [0.25, 0.3) is 5.91 Å². The number of imidazole rings is 1. The number of benzene rings is 4. The van der Waals surface area contributed by atoms with Gasteiger partial charge >= 0.3 is 11.9 Å². The number of anilines is 1. The van der Waals surface area contributed by atoms with Gasteiger partial charge in [-0.05, 0) is 97.4 Å². The van der Waals surface area contributed by atoms with E-state index >= 15 is 0 Å². The minimum absolute atomic E-state index is 0.0628. The Balaban J connectivity index is 1.08. The van der Waals surface area contributed by atoms with Crippen molar-refractivity contribution < 1.29 is 23.9 Å². The third-order valence-corrected chi connectivity index (χ3v) is 10.8. The number of carbonyl (C=O) groups is 3. The van der Waals surface area contributed by atoms with E-state index in [1.54, 1.807) is 0 Å². The van der Waals surface area contributed by atoms with E-state index in [-0.39, 0.29) is 35.4 Å². The number of hydrogen-bond acceptors (Lipinski definition) is 6. The van der Waals surface area contributed by atoms with E-state index < -0.39 is 17.8 Å². The number of hydrogen-bond donors (Lipinski definition) is 2. The standard InChI is InChI=1S/C43H41N3O5/c47-40(38-37(45-39(46-38)33-14-8-3-9-15-33)25-43-22-30-16-31(23-43)18-32(17-30)24-43)44-36-20-34(41(48)50-26-28-10-4-1-5-11-28)19-35(21-36)42(49)51-27-29-12-6-2-7-13-29/h1-15,19-21,30-32H,16-18,22-27H2,(H,44,47)(H,45,46). The Morgan fingerprint density at radius 1 is 0.686 bits per heavy atom. The molecule has 0 unspecified atom stereocenters. The van der Waals surface area contributed by atoms with Crippen LogP contribution in [0.5, 0.6) is 0 Å². The molecule has 2 N–H and O–H groups in total. The molecule has 0 spiro atoms. The van der Waals surface area contributed by atoms with Gasteiger partial charge in [-0.1, -0.05) is 91.0 Å². The molecule has 1 heterocycles. The summed E-state index contributed by atoms with van der Waals surface area (Å²) in [5, 5.41) is 2.97. The van der Waals surface area contributed by atoms with Crippen LogP contribution in [0.15, 0.2) is 109 Å². The van der Waals surface area contributed by atoms with Gasteiger partial charge in [0.1, 0.15) is 24.7 Å². The summed E-state index contributed by atoms with van der Waals surface area (Å²) in [5.41, 5.74) is 4.40. The van der Waals surface area contributed by atoms with E-state index in [2.05, 4.69) is 10.3 Å². The molecule has 4 saturated carbocycles. The molecule has 8 heteroatoms. The first-order valence-electron chi connectivity index (χ1n) is 17.9. The number of aromatic amines is 1. The van der Waals surface area contributed by atoms with Crippen LogP contribution in [0.1, 0.15) is 86.6 Å². The van der Waals surface area contributed by atoms with Crippen LogP contribution < -0.4 is 5.32 Å². The van der Waals surface area contributed by atoms with Crippen molar-refractivity contribution in [3.8, 4) is 11.4 Å². The average Bonchev–Trinajstić information content (AvgIpc) is 3.56. The summed E-state index contributed by atoms with van der Waals surface area (Å²) in [5.74, 6) is 1.30. The minimum atomic E-state index is -0.624. The highest BCUT2D eigenvalue weighted by Crippen LogP contribution is 2.61. The number of H-pyrrole nitrogens is 1. The van der Waals surface area contributed by atoms with E-state index in [0.29, 0.717) is 11.5 Å². The van der Waals surface area contributed by atoms with Crippen LogP contribution in [0.3, 0.4) is 0 Å². The average molecular weight is 680 g/mol. The van der Waals surface area contributed by atoms with Crippen LogP contribution in [-0.4, -0.2) is 27.8 Å². The van der Waals surface area contributed by atoms with Crippen LogP contribution >= 0.6 is 0 Å². The Hall–Kier alpha value is -5.50. The number of nitrogens with one attached hydrogen (secondary N) is 2. The highest BCUT2D eigenvalue weighted by molar-refractivity contribution is 6.06. The van der Waals surface area contributed by atoms with Crippen molar-refractivity contribution >= 4 is 23.5 Å². The lowest BCUT2D eigenvalue weighted by Gasteiger charge is -2.57. The van der Waals surface area contributed by atoms with E-state index in [4.69, 9.17) is 14.5 Å². The van der Waals surface area contributed by atoms with Crippen molar-refractivity contribution in [3.05, 3.63) is 143 Å². The first kappa shape index (κ1) is 32.7. The maximum atomic E-state index is 14.2. The maximum absolute atomic E-state index is 14.2. The molecule has 4 aliphatic rings. The Bertz CT molecular complexity index is 1930. The largest absolute Gasteiger partial charge is 0.457 e. The van der Waals surface area contributed by atoms with Crippen molar-refractivity contribution in [3.63, 3.8) is 0 Å². The fraction of sp³-hybridized carbons (Fsp3) is 0.302. The first-order valence-corrected chi connectivity index (χ1v) is 17.9. The van der Waals surface area contributed by atoms with E-state index in [1.165, 1.54) is 56.7 Å². The summed E-state index contributed by atoms with van der Waals surface area (Å²) in [6.45, 7) is 0.126. The number of ether oxygens (including phenoxy) is 2. The molecule has 4 fully saturated rings. The van der Waals surface area contributed by atoms with Crippen LogP contribution in [-0.2, 0) is 29.1 Å². The Kier molecular flexibility index (Phi) is 8.99. The molecule has 1 aromatic heterocycles. The summed E-state index contributed by atoms with van der Waals surface area (Å²) >= 11 is 0. The number of carbonyl (C=O) groups excluding carboxylic acids is 3. The number of nitrogens with zero attached hydrogens (tertiary/aromatic N) is 1. The quantitative estimate of drug-likeness (QED) is 0.135. The molecule has 51 heavy (non-hydrogen) atoms. The van der Waals surface area contributed by atoms with Crippen molar-refractivity contribution in [2.45, 2.75) is 58.2 Å². The van der Waals surface area contributed by atoms with Gasteiger partial charge in [0, 0.05) is 16.9 Å². The molecule has 4 aliphatic carbocycles. The highest BCUT2D eigenvalue weighted by atomic mass is 16.5. The van der Waals surface area contributed by atoms with Gasteiger partial charge in [0.2, 0.25) is 0 Å². The third-order valence-electron chi connectivity index (χ3n) is 10.8. The first-order chi connectivity index (χ1) is 24.9. The molecule has 258 valence electrons. The van der Waals surface area contributed by atoms with Crippen molar-refractivity contribution in [2.75, 3.05) is 5.32 Å². The molecule has 9 rings (SSSR count). The Morgan fingerprint density at radius 3 is 1.69 bits per heavy atom. The lowest BCUT2D eigenvalue weighted by molar-refractivity contribution is -0.0526. The van der Waals surface area contributed by atoms with Crippen LogP contribution in [0.25, 0.3) is 11.4 Å². The molecular formula is C43H41N3O5. The minimum Gasteiger partial charge on any atom is -0.457 e. The summed E-state index contributed by atoms with van der Waals surface area (Å²) < 4.78 is 11.2. The monoisotopic (exact) mass is 679 g/mol. The number of amides is 1. The van der Waals surface area contributed by atoms with Gasteiger partial charge in [0.05, 0.1) is 11.1 Å². The second-order valence-corrected chi connectivity index (χ2v) is 14.7. The summed E-state index contributed by atoms with van der Waals surface area (Å²) in [6.07, 6.45) is 8.37. The molecule has 0 aliphatic heterocycles. The molecule has 4 aromatic carbocycles. The second-order valence-electron chi connectivity index (χ2n) is 14.7. The predicted octanol–water partition coefficient (Wildman–Crippen LogP) is 8.80. The molecule has 0 radical (unpaired) electrons. The van der Waals surface area contributed by atoms with Gasteiger partial charge < -0.3 is 19.8 Å². The van der Waals surface area contributed by atoms with Gasteiger partial charge in [-0.2, -0.15) is 0 Å². The Labute approximate surface area is 297 Å². The maximum Gasteiger partial charge on any atom is 0.338 e. The summed E-state index contributed by atoms with van der Waals surface area (Å²) in [6, 6.07) is 33.1. The lowest BCUT2D eigenvalue weighted by atomic mass is 9.48. The number of aromatic nitrogens is 2. The van der Waals surface area contributed by atoms with Gasteiger partial charge in [0.15, 0.2) is 0 Å². The topological polar surface area (TPSA) is 110 Å². The summed E-state index contributed by atoms with van der Waals surface area (Å²) in [4.78, 5) is 49.3. The Morgan fingerprint density at radius 2 is 1.18 bits per heavy atom. The van der Waals surface area contributed by atoms with Crippen LogP contribution in [0.2, 0.25) is 0 Å². The second kappa shape index (κ2) is 14.0. The molecule has 5 aromatic rings. The van der Waals surface area contributed by atoms with Gasteiger partial charge in [-0.15, -0.1) is 0 Å². The summed E-state index contributed by atoms with van der Waals surface area (Å²) in [7, 11) is 0. The molecular weight excluding hydrogens is 638 g/mol. The normalized spacial score (nSPS) is 21.6. The van der Waals surface area contributed by atoms with Crippen LogP contribution in [0.4, 0.5) is 5.69 Å². The molecule has 4 bridgehead atoms. The number of rotatable bonds is 11. The van der Waals surface area contributed by atoms with E-state index in [0.717, 1.165) is 46.6 Å². The molecule has 8 nitrogen and oxygen atoms in total. The molecule has 0 atom stereocenters. The zero-order valence-electron chi connectivity index (χ0n) is 28.5. The van der Waals surface area contributed by atoms with E-state index in [9.17, 15) is 14.4 Å². The fourth-order valence-electron chi connectivity index (χ4n) is 9.08. The van der Waals surface area contributed by atoms with E-state index in [1.807, 2.05) is 91.0 Å². The van der Waals surface area contributed by atoms with Crippen molar-refractivity contribution in [1.29, 1.82) is 0 Å². The zero-order valence-corrected chi connectivity index (χ0v) is 28.5. The highest BCUT2D eigenvalue weighted by Gasteiger charge is 2.51. The van der Waals surface area contributed by atoms with Crippen molar-refractivity contribution in [2.24, 2.45) is 23.2 Å². The third kappa shape index (κ3) is 7.36. The smallest absolute Gasteiger partial charge is 0.338 e. The lowest BCUT2D eigenvalue weighted by Crippen LogP contribution is -2.47. The molecule has 0 saturated heterocycles. The SMILES string of the molecule is O=C(OCc1ccccc1)c1cc(NC(=O)c2nc(-c3ccccc3)[nH]c2CC23CC4CC(CC(C4)C2)C3)cc(C(=O)OCc2ccccc2)c1. The number of esters is 2. The fourth-order valence-corrected chi connectivity index (χ4v) is 9.08. The van der Waals surface area contributed by atoms with Gasteiger partial charge in [-0.3, -0.25) is 4.79 Å². The van der Waals surface area contributed by atoms with Crippen molar-refractivity contribution in [1.82, 2.24) is 9.97 Å². The predicted molar refractivity (Wildman–Crippen MR) is 194 cm³/mol. The van der Waals surface area contributed by atoms with Gasteiger partial charge in [-0.25, -0.2) is 14.6 Å².